The van der Waals surface area contributed by atoms with Gasteiger partial charge >= 0.3 is 5.97 Å². The molecule has 3 nitrogen and oxygen atoms in total. The number of allylic oxidation sites excluding steroid dienone is 1. The third-order valence-corrected chi connectivity index (χ3v) is 10.9. The zero-order chi connectivity index (χ0) is 18.3. The summed E-state index contributed by atoms with van der Waals surface area (Å²) in [4.78, 5) is 24.3. The summed E-state index contributed by atoms with van der Waals surface area (Å²) in [7, 11) is 0. The maximum absolute atomic E-state index is 12.2. The van der Waals surface area contributed by atoms with Crippen LogP contribution in [0.2, 0.25) is 0 Å². The van der Waals surface area contributed by atoms with Gasteiger partial charge in [-0.3, -0.25) is 9.59 Å². The molecule has 1 heterocycles. The van der Waals surface area contributed by atoms with Crippen LogP contribution in [-0.4, -0.2) is 17.4 Å². The van der Waals surface area contributed by atoms with Gasteiger partial charge in [-0.05, 0) is 85.5 Å². The Hall–Kier alpha value is -1.12. The van der Waals surface area contributed by atoms with E-state index in [1.54, 1.807) is 0 Å². The predicted molar refractivity (Wildman–Crippen MR) is 99.5 cm³/mol. The second-order valence-corrected chi connectivity index (χ2v) is 11.5. The summed E-state index contributed by atoms with van der Waals surface area (Å²) in [5, 5.41) is 0. The molecule has 0 N–H and O–H groups in total. The maximum Gasteiger partial charge on any atom is 0.306 e. The molecule has 1 saturated heterocycles. The number of hydrogen-bond donors (Lipinski definition) is 0. The minimum Gasteiger partial charge on any atom is -0.458 e. The van der Waals surface area contributed by atoms with E-state index in [0.717, 1.165) is 48.9 Å². The number of fused-ring (bicyclic) bond motifs is 12. The number of carbonyl (C=O) groups excluding carboxylic acids is 2. The van der Waals surface area contributed by atoms with Gasteiger partial charge in [-0.15, -0.1) is 0 Å². The van der Waals surface area contributed by atoms with E-state index in [2.05, 4.69) is 19.9 Å². The highest BCUT2D eigenvalue weighted by Crippen LogP contribution is 2.82. The Balaban J connectivity index is 1.33. The second-order valence-electron chi connectivity index (χ2n) is 11.5. The number of esters is 1. The molecule has 10 atom stereocenters. The summed E-state index contributed by atoms with van der Waals surface area (Å²) in [5.41, 5.74) is 1.85. The van der Waals surface area contributed by atoms with Crippen LogP contribution in [0, 0.1) is 52.3 Å². The lowest BCUT2D eigenvalue weighted by atomic mass is 9.45. The summed E-state index contributed by atoms with van der Waals surface area (Å²) in [6, 6.07) is 0. The molecule has 7 rings (SSSR count). The molecule has 1 aliphatic heterocycles. The first-order chi connectivity index (χ1) is 12.9. The van der Waals surface area contributed by atoms with E-state index in [1.165, 1.54) is 31.3 Å². The van der Waals surface area contributed by atoms with Crippen LogP contribution in [0.5, 0.6) is 0 Å². The third-order valence-electron chi connectivity index (χ3n) is 10.9. The molecule has 0 bridgehead atoms. The van der Waals surface area contributed by atoms with Crippen LogP contribution in [0.3, 0.4) is 0 Å². The fourth-order valence-electron chi connectivity index (χ4n) is 9.74. The van der Waals surface area contributed by atoms with Crippen molar-refractivity contribution in [1.29, 1.82) is 0 Å². The molecule has 0 aromatic heterocycles. The van der Waals surface area contributed by atoms with Gasteiger partial charge in [0.2, 0.25) is 0 Å². The summed E-state index contributed by atoms with van der Waals surface area (Å²) in [5.74, 6) is 5.65. The van der Waals surface area contributed by atoms with Crippen molar-refractivity contribution < 1.29 is 14.3 Å². The fraction of sp³-hybridized carbons (Fsp3) is 0.833. The molecular formula is C24H30O3. The Morgan fingerprint density at radius 2 is 1.85 bits per heavy atom. The average Bonchev–Trinajstić information content (AvgIpc) is 3.53. The summed E-state index contributed by atoms with van der Waals surface area (Å²) in [6.45, 7) is 4.99. The fourth-order valence-corrected chi connectivity index (χ4v) is 9.74. The normalized spacial score (nSPS) is 62.0. The standard InChI is InChI=1S/C24H30O3/c1-22-6-3-12(25)9-17(22)13-10-14(13)20-16(22)4-7-23(2)21(20)15-11-18(15)24(23)8-5-19(26)27-24/h9,13-16,18,20-21H,3-8,10-11H2,1-2H3/t13?,14?,15-,16+,18+,20-,21+,22-,23+,24?/m1/s1. The van der Waals surface area contributed by atoms with E-state index in [4.69, 9.17) is 4.74 Å². The molecule has 0 aromatic carbocycles. The highest BCUT2D eigenvalue weighted by Gasteiger charge is 2.81. The van der Waals surface area contributed by atoms with E-state index in [9.17, 15) is 9.59 Å². The number of ketones is 1. The van der Waals surface area contributed by atoms with Crippen LogP contribution in [-0.2, 0) is 14.3 Å². The molecule has 0 amide bonds. The van der Waals surface area contributed by atoms with Crippen molar-refractivity contribution in [2.75, 3.05) is 0 Å². The van der Waals surface area contributed by atoms with Gasteiger partial charge in [-0.1, -0.05) is 19.4 Å². The monoisotopic (exact) mass is 366 g/mol. The summed E-state index contributed by atoms with van der Waals surface area (Å²) < 4.78 is 6.22. The molecule has 3 heteroatoms. The van der Waals surface area contributed by atoms with Crippen molar-refractivity contribution in [3.8, 4) is 0 Å². The third kappa shape index (κ3) is 1.58. The van der Waals surface area contributed by atoms with Crippen LogP contribution in [0.25, 0.3) is 0 Å². The number of hydrogen-bond acceptors (Lipinski definition) is 3. The Bertz CT molecular complexity index is 827. The number of carbonyl (C=O) groups is 2. The van der Waals surface area contributed by atoms with E-state index < -0.39 is 0 Å². The second kappa shape index (κ2) is 4.39. The van der Waals surface area contributed by atoms with Gasteiger partial charge in [-0.2, -0.15) is 0 Å². The van der Waals surface area contributed by atoms with E-state index in [1.807, 2.05) is 0 Å². The van der Waals surface area contributed by atoms with Gasteiger partial charge in [0.05, 0.1) is 0 Å². The summed E-state index contributed by atoms with van der Waals surface area (Å²) in [6.07, 6.45) is 10.6. The van der Waals surface area contributed by atoms with Crippen molar-refractivity contribution in [2.45, 2.75) is 70.8 Å². The van der Waals surface area contributed by atoms with E-state index >= 15 is 0 Å². The quantitative estimate of drug-likeness (QED) is 0.600. The van der Waals surface area contributed by atoms with Crippen molar-refractivity contribution >= 4 is 11.8 Å². The van der Waals surface area contributed by atoms with Gasteiger partial charge in [0, 0.05) is 24.2 Å². The lowest BCUT2D eigenvalue weighted by molar-refractivity contribution is -0.177. The lowest BCUT2D eigenvalue weighted by Crippen LogP contribution is -2.57. The highest BCUT2D eigenvalue weighted by molar-refractivity contribution is 5.92. The largest absolute Gasteiger partial charge is 0.458 e. The van der Waals surface area contributed by atoms with Gasteiger partial charge in [0.15, 0.2) is 5.78 Å². The highest BCUT2D eigenvalue weighted by atomic mass is 16.6. The van der Waals surface area contributed by atoms with Crippen LogP contribution in [0.15, 0.2) is 11.6 Å². The molecule has 6 aliphatic carbocycles. The van der Waals surface area contributed by atoms with E-state index in [-0.39, 0.29) is 22.4 Å². The molecule has 0 radical (unpaired) electrons. The van der Waals surface area contributed by atoms with Crippen LogP contribution < -0.4 is 0 Å². The van der Waals surface area contributed by atoms with Gasteiger partial charge in [0.1, 0.15) is 5.60 Å². The number of rotatable bonds is 0. The molecule has 1 spiro atoms. The smallest absolute Gasteiger partial charge is 0.306 e. The molecule has 27 heavy (non-hydrogen) atoms. The first-order valence-corrected chi connectivity index (χ1v) is 11.4. The molecular weight excluding hydrogens is 336 g/mol. The van der Waals surface area contributed by atoms with Crippen molar-refractivity contribution in [3.05, 3.63) is 11.6 Å². The predicted octanol–water partition coefficient (Wildman–Crippen LogP) is 4.31. The van der Waals surface area contributed by atoms with Gasteiger partial charge in [-0.25, -0.2) is 0 Å². The maximum atomic E-state index is 12.2. The molecule has 7 aliphatic rings. The van der Waals surface area contributed by atoms with Crippen molar-refractivity contribution in [2.24, 2.45) is 52.3 Å². The van der Waals surface area contributed by atoms with Crippen LogP contribution in [0.4, 0.5) is 0 Å². The van der Waals surface area contributed by atoms with Gasteiger partial charge < -0.3 is 4.74 Å². The molecule has 0 aromatic rings. The Morgan fingerprint density at radius 3 is 2.63 bits per heavy atom. The topological polar surface area (TPSA) is 43.4 Å². The SMILES string of the molecule is C[C@]12CCC(=O)C=C1C1CC1[C@H]1[C@@H]3[C@@H]4C[C@@H]4C4(CCC(=O)O4)[C@@]3(C)CC[C@@H]12. The zero-order valence-corrected chi connectivity index (χ0v) is 16.5. The first-order valence-electron chi connectivity index (χ1n) is 11.4. The Morgan fingerprint density at radius 1 is 1.00 bits per heavy atom. The van der Waals surface area contributed by atoms with Crippen molar-refractivity contribution in [3.63, 3.8) is 0 Å². The molecule has 144 valence electrons. The lowest BCUT2D eigenvalue weighted by Gasteiger charge is -2.60. The average molecular weight is 367 g/mol. The van der Waals surface area contributed by atoms with Crippen molar-refractivity contribution in [1.82, 2.24) is 0 Å². The molecule has 3 unspecified atom stereocenters. The molecule has 5 saturated carbocycles. The Kier molecular flexibility index (Phi) is 2.56. The van der Waals surface area contributed by atoms with E-state index in [0.29, 0.717) is 24.0 Å². The Labute approximate surface area is 161 Å². The summed E-state index contributed by atoms with van der Waals surface area (Å²) >= 11 is 0. The van der Waals surface area contributed by atoms with Crippen LogP contribution >= 0.6 is 0 Å². The molecule has 6 fully saturated rings. The minimum absolute atomic E-state index is 0.0561. The van der Waals surface area contributed by atoms with Crippen LogP contribution in [0.1, 0.15) is 65.2 Å². The zero-order valence-electron chi connectivity index (χ0n) is 16.5. The minimum atomic E-state index is -0.131. The number of ether oxygens (including phenoxy) is 1. The first kappa shape index (κ1) is 15.8. The van der Waals surface area contributed by atoms with Gasteiger partial charge in [0.25, 0.3) is 0 Å².